The maximum absolute atomic E-state index is 14.8. The number of hydrogen-bond acceptors (Lipinski definition) is 10. The van der Waals surface area contributed by atoms with Crippen molar-refractivity contribution in [1.82, 2.24) is 34.8 Å². The lowest BCUT2D eigenvalue weighted by Gasteiger charge is -2.28. The number of carbonyl (C=O) groups excluding carboxylic acids is 2. The number of nitrogens with one attached hydrogen (secondary N) is 2. The van der Waals surface area contributed by atoms with Crippen molar-refractivity contribution < 1.29 is 27.8 Å². The minimum Gasteiger partial charge on any atom is -0.441 e. The van der Waals surface area contributed by atoms with Crippen molar-refractivity contribution in [2.45, 2.75) is 70.4 Å². The molecular weight excluding hydrogens is 594 g/mol. The Morgan fingerprint density at radius 2 is 1.95 bits per heavy atom. The van der Waals surface area contributed by atoms with E-state index in [9.17, 15) is 18.4 Å². The van der Waals surface area contributed by atoms with E-state index in [1.165, 1.54) is 16.0 Å². The van der Waals surface area contributed by atoms with Crippen LogP contribution < -0.4 is 10.6 Å². The van der Waals surface area contributed by atoms with E-state index in [0.29, 0.717) is 17.2 Å². The molecule has 0 bridgehead atoms. The zero-order valence-electron chi connectivity index (χ0n) is 24.0. The average Bonchev–Trinajstić information content (AvgIpc) is 3.84. The predicted molar refractivity (Wildman–Crippen MR) is 157 cm³/mol. The van der Waals surface area contributed by atoms with Crippen molar-refractivity contribution in [3.63, 3.8) is 0 Å². The van der Waals surface area contributed by atoms with Crippen LogP contribution in [0.1, 0.15) is 62.0 Å². The van der Waals surface area contributed by atoms with E-state index in [-0.39, 0.29) is 53.7 Å². The molecule has 1 atom stereocenters. The number of hydrogen-bond donors (Lipinski definition) is 2. The van der Waals surface area contributed by atoms with Gasteiger partial charge in [0.25, 0.3) is 5.91 Å². The second-order valence-corrected chi connectivity index (χ2v) is 11.6. The summed E-state index contributed by atoms with van der Waals surface area (Å²) in [5.74, 6) is -2.48. The largest absolute Gasteiger partial charge is 0.441 e. The Morgan fingerprint density at radius 1 is 1.11 bits per heavy atom. The first-order valence-corrected chi connectivity index (χ1v) is 15.5. The number of amides is 1. The molecule has 1 saturated carbocycles. The molecule has 1 amide bonds. The fourth-order valence-electron chi connectivity index (χ4n) is 5.50. The number of nitrogens with zero attached hydrogens (tertiary/aromatic N) is 6. The molecule has 4 aromatic rings. The van der Waals surface area contributed by atoms with Crippen LogP contribution in [-0.4, -0.2) is 66.7 Å². The summed E-state index contributed by atoms with van der Waals surface area (Å²) >= 11 is 1.24. The maximum atomic E-state index is 14.8. The first kappa shape index (κ1) is 30.0. The SMILES string of the molecule is CCOC1CCC(n2cc(NC(=O)c3csc(-c4cnn(COC(=O)[C@@H]5CCCN5)c4)n3)c(-c3nc(F)ccc3F)n2)CC1. The lowest BCUT2D eigenvalue weighted by molar-refractivity contribution is -0.150. The summed E-state index contributed by atoms with van der Waals surface area (Å²) in [6, 6.07) is 1.62. The molecule has 0 unspecified atom stereocenters. The number of ether oxygens (including phenoxy) is 2. The van der Waals surface area contributed by atoms with E-state index in [2.05, 4.69) is 30.8 Å². The van der Waals surface area contributed by atoms with Crippen molar-refractivity contribution in [3.8, 4) is 22.0 Å². The number of thiazole rings is 1. The molecule has 1 saturated heterocycles. The average molecular weight is 627 g/mol. The minimum absolute atomic E-state index is 0.00356. The first-order valence-electron chi connectivity index (χ1n) is 14.6. The summed E-state index contributed by atoms with van der Waals surface area (Å²) in [5.41, 5.74) is 0.699. The van der Waals surface area contributed by atoms with E-state index in [0.717, 1.165) is 57.2 Å². The van der Waals surface area contributed by atoms with Gasteiger partial charge in [-0.1, -0.05) is 0 Å². The summed E-state index contributed by atoms with van der Waals surface area (Å²) in [7, 11) is 0. The van der Waals surface area contributed by atoms with Crippen LogP contribution >= 0.6 is 11.3 Å². The third-order valence-corrected chi connectivity index (χ3v) is 8.63. The van der Waals surface area contributed by atoms with Gasteiger partial charge in [0.1, 0.15) is 28.1 Å². The molecule has 0 spiro atoms. The number of carbonyl (C=O) groups is 2. The monoisotopic (exact) mass is 626 g/mol. The van der Waals surface area contributed by atoms with Gasteiger partial charge in [0.2, 0.25) is 5.95 Å². The molecule has 0 radical (unpaired) electrons. The van der Waals surface area contributed by atoms with Crippen molar-refractivity contribution in [2.24, 2.45) is 0 Å². The van der Waals surface area contributed by atoms with E-state index in [1.54, 1.807) is 28.7 Å². The molecule has 12 nitrogen and oxygen atoms in total. The fraction of sp³-hybridized carbons (Fsp3) is 0.448. The van der Waals surface area contributed by atoms with Crippen LogP contribution in [0.2, 0.25) is 0 Å². The summed E-state index contributed by atoms with van der Waals surface area (Å²) in [5, 5.41) is 16.8. The summed E-state index contributed by atoms with van der Waals surface area (Å²) < 4.78 is 43.1. The maximum Gasteiger partial charge on any atom is 0.324 e. The Morgan fingerprint density at radius 3 is 2.73 bits per heavy atom. The van der Waals surface area contributed by atoms with Gasteiger partial charge in [0.05, 0.1) is 24.0 Å². The second-order valence-electron chi connectivity index (χ2n) is 10.7. The van der Waals surface area contributed by atoms with Gasteiger partial charge in [-0.25, -0.2) is 19.0 Å². The second kappa shape index (κ2) is 13.3. The Hall–Kier alpha value is -4.08. The normalized spacial score (nSPS) is 20.1. The highest BCUT2D eigenvalue weighted by atomic mass is 32.1. The topological polar surface area (TPSA) is 138 Å². The lowest BCUT2D eigenvalue weighted by Crippen LogP contribution is -2.32. The Kier molecular flexibility index (Phi) is 9.04. The lowest BCUT2D eigenvalue weighted by atomic mass is 9.93. The fourth-order valence-corrected chi connectivity index (χ4v) is 6.27. The highest BCUT2D eigenvalue weighted by molar-refractivity contribution is 7.13. The van der Waals surface area contributed by atoms with Crippen molar-refractivity contribution >= 4 is 28.9 Å². The van der Waals surface area contributed by atoms with Crippen molar-refractivity contribution in [2.75, 3.05) is 18.5 Å². The third kappa shape index (κ3) is 6.69. The number of rotatable bonds is 10. The predicted octanol–water partition coefficient (Wildman–Crippen LogP) is 4.57. The van der Waals surface area contributed by atoms with Crippen LogP contribution in [-0.2, 0) is 21.0 Å². The summed E-state index contributed by atoms with van der Waals surface area (Å²) in [6.45, 7) is 3.37. The molecule has 15 heteroatoms. The standard InChI is InChI=1S/C29H32F2N8O4S/c1-2-42-19-7-5-18(6-8-19)39-14-22(26(37-39)25-20(30)9-10-24(31)36-25)34-27(40)23-15-44-28(35-23)17-12-33-38(13-17)16-43-29(41)21-4-3-11-32-21/h9-10,12-15,18-19,21,32H,2-8,11,16H2,1H3,(H,34,40)/t18?,19?,21-/m0/s1. The van der Waals surface area contributed by atoms with Crippen LogP contribution in [0, 0.1) is 11.8 Å². The van der Waals surface area contributed by atoms with E-state index in [1.807, 2.05) is 6.92 Å². The van der Waals surface area contributed by atoms with Gasteiger partial charge in [-0.3, -0.25) is 14.3 Å². The van der Waals surface area contributed by atoms with Gasteiger partial charge in [0.15, 0.2) is 12.5 Å². The molecule has 2 aliphatic rings. The van der Waals surface area contributed by atoms with Gasteiger partial charge >= 0.3 is 5.97 Å². The highest BCUT2D eigenvalue weighted by Gasteiger charge is 2.27. The third-order valence-electron chi connectivity index (χ3n) is 7.74. The number of pyridine rings is 1. The molecule has 1 aliphatic heterocycles. The zero-order valence-corrected chi connectivity index (χ0v) is 24.9. The van der Waals surface area contributed by atoms with Crippen LogP contribution in [0.15, 0.2) is 36.1 Å². The molecule has 6 rings (SSSR count). The van der Waals surface area contributed by atoms with Gasteiger partial charge in [-0.2, -0.15) is 14.6 Å². The molecule has 1 aliphatic carbocycles. The molecule has 232 valence electrons. The quantitative estimate of drug-likeness (QED) is 0.192. The van der Waals surface area contributed by atoms with E-state index < -0.39 is 17.7 Å². The Labute approximate surface area is 255 Å². The Balaban J connectivity index is 1.17. The molecule has 44 heavy (non-hydrogen) atoms. The minimum atomic E-state index is -0.861. The zero-order chi connectivity index (χ0) is 30.6. The first-order chi connectivity index (χ1) is 21.4. The van der Waals surface area contributed by atoms with Crippen LogP contribution in [0.25, 0.3) is 22.0 Å². The Bertz CT molecular complexity index is 1620. The van der Waals surface area contributed by atoms with E-state index in [4.69, 9.17) is 9.47 Å². The van der Waals surface area contributed by atoms with Crippen LogP contribution in [0.3, 0.4) is 0 Å². The van der Waals surface area contributed by atoms with Crippen LogP contribution in [0.4, 0.5) is 14.5 Å². The van der Waals surface area contributed by atoms with Gasteiger partial charge in [-0.15, -0.1) is 11.3 Å². The van der Waals surface area contributed by atoms with Gasteiger partial charge in [-0.05, 0) is 64.1 Å². The molecule has 2 N–H and O–H groups in total. The van der Waals surface area contributed by atoms with Gasteiger partial charge in [0, 0.05) is 29.9 Å². The van der Waals surface area contributed by atoms with Crippen molar-refractivity contribution in [3.05, 3.63) is 53.6 Å². The number of aromatic nitrogens is 6. The molecule has 2 fully saturated rings. The smallest absolute Gasteiger partial charge is 0.324 e. The number of anilines is 1. The number of esters is 1. The number of halogens is 2. The molecule has 4 aromatic heterocycles. The summed E-state index contributed by atoms with van der Waals surface area (Å²) in [6.07, 6.45) is 10.0. The molecule has 0 aromatic carbocycles. The molecule has 5 heterocycles. The highest BCUT2D eigenvalue weighted by Crippen LogP contribution is 2.34. The van der Waals surface area contributed by atoms with Crippen molar-refractivity contribution in [1.29, 1.82) is 0 Å². The van der Waals surface area contributed by atoms with E-state index >= 15 is 0 Å². The molecular formula is C29H32F2N8O4S. The van der Waals surface area contributed by atoms with Gasteiger partial charge < -0.3 is 20.1 Å². The summed E-state index contributed by atoms with van der Waals surface area (Å²) in [4.78, 5) is 33.7. The van der Waals surface area contributed by atoms with Crippen LogP contribution in [0.5, 0.6) is 0 Å².